The van der Waals surface area contributed by atoms with E-state index in [1.54, 1.807) is 5.57 Å². The van der Waals surface area contributed by atoms with Gasteiger partial charge in [-0.1, -0.05) is 115 Å². The molecular weight excluding hydrogens is 601 g/mol. The van der Waals surface area contributed by atoms with E-state index < -0.39 is 0 Å². The van der Waals surface area contributed by atoms with Crippen LogP contribution in [0.2, 0.25) is 0 Å². The third kappa shape index (κ3) is 5.14. The zero-order chi connectivity index (χ0) is 35.0. The zero-order valence-electron chi connectivity index (χ0n) is 31.6. The van der Waals surface area contributed by atoms with E-state index in [0.29, 0.717) is 35.3 Å². The molecule has 49 heavy (non-hydrogen) atoms. The molecule has 0 aliphatic heterocycles. The van der Waals surface area contributed by atoms with Crippen LogP contribution in [-0.2, 0) is 16.1 Å². The van der Waals surface area contributed by atoms with E-state index in [1.807, 2.05) is 12.1 Å². The van der Waals surface area contributed by atoms with Gasteiger partial charge in [0.1, 0.15) is 6.61 Å². The van der Waals surface area contributed by atoms with Gasteiger partial charge in [-0.05, 0) is 131 Å². The number of ether oxygens (including phenoxy) is 2. The Morgan fingerprint density at radius 3 is 2.22 bits per heavy atom. The van der Waals surface area contributed by atoms with Gasteiger partial charge in [0, 0.05) is 5.41 Å². The van der Waals surface area contributed by atoms with Crippen LogP contribution in [0.15, 0.2) is 84.7 Å². The van der Waals surface area contributed by atoms with Crippen molar-refractivity contribution < 1.29 is 14.3 Å². The molecule has 3 nitrogen and oxygen atoms in total. The van der Waals surface area contributed by atoms with E-state index in [-0.39, 0.29) is 33.0 Å². The summed E-state index contributed by atoms with van der Waals surface area (Å²) in [4.78, 5) is 12.1. The van der Waals surface area contributed by atoms with Crippen molar-refractivity contribution in [3.63, 3.8) is 0 Å². The molecule has 0 heterocycles. The van der Waals surface area contributed by atoms with E-state index in [2.05, 4.69) is 103 Å². The number of hydrogen-bond donors (Lipinski definition) is 0. The van der Waals surface area contributed by atoms with Crippen LogP contribution in [0, 0.1) is 50.2 Å². The van der Waals surface area contributed by atoms with E-state index in [9.17, 15) is 4.79 Å². The highest BCUT2D eigenvalue weighted by Gasteiger charge is 2.68. The van der Waals surface area contributed by atoms with Crippen molar-refractivity contribution in [2.24, 2.45) is 50.2 Å². The number of rotatable bonds is 6. The summed E-state index contributed by atoms with van der Waals surface area (Å²) < 4.78 is 11.6. The minimum atomic E-state index is -0.276. The van der Waals surface area contributed by atoms with Gasteiger partial charge < -0.3 is 9.47 Å². The summed E-state index contributed by atoms with van der Waals surface area (Å²) in [6.45, 7) is 23.3. The maximum absolute atomic E-state index is 12.1. The molecule has 2 aromatic carbocycles. The monoisotopic (exact) mass is 660 g/mol. The summed E-state index contributed by atoms with van der Waals surface area (Å²) in [5.41, 5.74) is 7.26. The maximum Gasteiger partial charge on any atom is 0.337 e. The van der Waals surface area contributed by atoms with Gasteiger partial charge in [-0.3, -0.25) is 0 Å². The third-order valence-electron chi connectivity index (χ3n) is 15.6. The molecule has 3 fully saturated rings. The molecule has 0 radical (unpaired) electrons. The lowest BCUT2D eigenvalue weighted by Gasteiger charge is -2.71. The Morgan fingerprint density at radius 2 is 1.53 bits per heavy atom. The number of carbonyl (C=O) groups is 1. The van der Waals surface area contributed by atoms with E-state index in [1.165, 1.54) is 75.2 Å². The highest BCUT2D eigenvalue weighted by molar-refractivity contribution is 5.90. The fourth-order valence-electron chi connectivity index (χ4n) is 12.6. The predicted molar refractivity (Wildman–Crippen MR) is 201 cm³/mol. The lowest BCUT2D eigenvalue weighted by Crippen LogP contribution is -2.63. The molecular formula is C46H60O3. The van der Waals surface area contributed by atoms with E-state index in [4.69, 9.17) is 16.1 Å². The number of esters is 1. The molecule has 262 valence electrons. The molecule has 5 aliphatic rings. The highest BCUT2D eigenvalue weighted by Crippen LogP contribution is 2.76. The summed E-state index contributed by atoms with van der Waals surface area (Å²) in [7, 11) is 1.45. The molecule has 3 heteroatoms. The largest absolute Gasteiger partial charge is 0.493 e. The Bertz CT molecular complexity index is 1680. The fourth-order valence-corrected chi connectivity index (χ4v) is 12.6. The van der Waals surface area contributed by atoms with E-state index >= 15 is 0 Å². The van der Waals surface area contributed by atoms with Crippen molar-refractivity contribution in [3.8, 4) is 0 Å². The quantitative estimate of drug-likeness (QED) is 0.176. The van der Waals surface area contributed by atoms with Crippen molar-refractivity contribution in [3.05, 3.63) is 101 Å². The first-order chi connectivity index (χ1) is 23.1. The van der Waals surface area contributed by atoms with Gasteiger partial charge in [0.25, 0.3) is 0 Å². The standard InChI is InChI=1S/C46H60O3/c1-31(49-30-32-13-11-10-12-14-32)46-27-25-41(2,3)29-37(46)36-19-20-39-43(6)23-21-35(33-15-17-34(18-16-33)40(47)48-9)42(4,5)38(43)22-24-45(39,8)44(36,7)26-28-46/h10-19,21,37-39H,1,20,22-30H2,2-9H3/t37-,38-,39+,43-,44+,45+,46+/m0/s1. The van der Waals surface area contributed by atoms with E-state index in [0.717, 1.165) is 12.2 Å². The SMILES string of the molecule is C=C(OCc1ccccc1)[C@]12CCC(C)(C)C[C@H]1C1=CC[C@@H]3[C@@]4(C)CC=C(c5ccc(C(=O)OC)cc5)C(C)(C)[C@@H]4CC[C@@]3(C)[C@]1(C)CC2. The number of fused-ring (bicyclic) bond motifs is 7. The Morgan fingerprint density at radius 1 is 0.837 bits per heavy atom. The van der Waals surface area contributed by atoms with Crippen molar-refractivity contribution in [2.75, 3.05) is 7.11 Å². The average Bonchev–Trinajstić information content (AvgIpc) is 3.07. The molecule has 2 aromatic rings. The second kappa shape index (κ2) is 11.7. The number of benzene rings is 2. The molecule has 0 aromatic heterocycles. The first-order valence-corrected chi connectivity index (χ1v) is 19.1. The third-order valence-corrected chi connectivity index (χ3v) is 15.6. The molecule has 0 spiro atoms. The molecule has 0 N–H and O–H groups in total. The van der Waals surface area contributed by atoms with Crippen LogP contribution in [0.4, 0.5) is 0 Å². The van der Waals surface area contributed by atoms with Crippen LogP contribution in [0.25, 0.3) is 5.57 Å². The minimum absolute atomic E-state index is 0.0217. The van der Waals surface area contributed by atoms with Gasteiger partial charge in [0.2, 0.25) is 0 Å². The van der Waals surface area contributed by atoms with Crippen molar-refractivity contribution in [1.29, 1.82) is 0 Å². The number of hydrogen-bond acceptors (Lipinski definition) is 3. The summed E-state index contributed by atoms with van der Waals surface area (Å²) >= 11 is 0. The number of allylic oxidation sites excluding steroid dienone is 5. The Hall–Kier alpha value is -3.07. The molecule has 7 atom stereocenters. The topological polar surface area (TPSA) is 35.5 Å². The second-order valence-electron chi connectivity index (χ2n) is 18.7. The smallest absolute Gasteiger partial charge is 0.337 e. The Kier molecular flexibility index (Phi) is 8.24. The summed E-state index contributed by atoms with van der Waals surface area (Å²) in [5.74, 6) is 2.48. The van der Waals surface area contributed by atoms with Crippen LogP contribution < -0.4 is 0 Å². The van der Waals surface area contributed by atoms with Crippen LogP contribution in [-0.4, -0.2) is 13.1 Å². The number of methoxy groups -OCH3 is 1. The molecule has 0 unspecified atom stereocenters. The second-order valence-corrected chi connectivity index (χ2v) is 18.7. The van der Waals surface area contributed by atoms with Crippen molar-refractivity contribution in [1.82, 2.24) is 0 Å². The predicted octanol–water partition coefficient (Wildman–Crippen LogP) is 12.0. The summed E-state index contributed by atoms with van der Waals surface area (Å²) in [6.07, 6.45) is 16.2. The van der Waals surface area contributed by atoms with Gasteiger partial charge in [0.15, 0.2) is 0 Å². The van der Waals surface area contributed by atoms with Gasteiger partial charge in [0.05, 0.1) is 18.4 Å². The van der Waals surface area contributed by atoms with Gasteiger partial charge in [-0.25, -0.2) is 4.79 Å². The maximum atomic E-state index is 12.1. The number of carbonyl (C=O) groups excluding carboxylic acids is 1. The highest BCUT2D eigenvalue weighted by atomic mass is 16.5. The average molecular weight is 661 g/mol. The van der Waals surface area contributed by atoms with Crippen LogP contribution >= 0.6 is 0 Å². The first-order valence-electron chi connectivity index (χ1n) is 19.1. The van der Waals surface area contributed by atoms with Crippen LogP contribution in [0.3, 0.4) is 0 Å². The molecule has 3 saturated carbocycles. The molecule has 0 bridgehead atoms. The fraction of sp³-hybridized carbons (Fsp3) is 0.587. The Balaban J connectivity index is 1.22. The van der Waals surface area contributed by atoms with Crippen LogP contribution in [0.1, 0.15) is 128 Å². The van der Waals surface area contributed by atoms with Crippen molar-refractivity contribution in [2.45, 2.75) is 113 Å². The lowest BCUT2D eigenvalue weighted by atomic mass is 9.33. The van der Waals surface area contributed by atoms with Crippen LogP contribution in [0.5, 0.6) is 0 Å². The first kappa shape index (κ1) is 34.4. The summed E-state index contributed by atoms with van der Waals surface area (Å²) in [6, 6.07) is 18.7. The van der Waals surface area contributed by atoms with Gasteiger partial charge in [-0.15, -0.1) is 0 Å². The molecule has 7 rings (SSSR count). The normalized spacial score (nSPS) is 37.2. The van der Waals surface area contributed by atoms with Gasteiger partial charge in [-0.2, -0.15) is 0 Å². The minimum Gasteiger partial charge on any atom is -0.493 e. The molecule has 5 aliphatic carbocycles. The summed E-state index contributed by atoms with van der Waals surface area (Å²) in [5, 5.41) is 0. The Labute approximate surface area is 296 Å². The molecule has 0 amide bonds. The molecule has 0 saturated heterocycles. The zero-order valence-corrected chi connectivity index (χ0v) is 31.6. The van der Waals surface area contributed by atoms with Crippen molar-refractivity contribution >= 4 is 11.5 Å². The lowest BCUT2D eigenvalue weighted by molar-refractivity contribution is -0.160. The van der Waals surface area contributed by atoms with Gasteiger partial charge >= 0.3 is 5.97 Å².